The van der Waals surface area contributed by atoms with Crippen LogP contribution in [0, 0.1) is 0 Å². The molecule has 0 aliphatic heterocycles. The molecule has 330 valence electrons. The van der Waals surface area contributed by atoms with Gasteiger partial charge in [-0.15, -0.1) is 34.8 Å². The zero-order valence-corrected chi connectivity index (χ0v) is 37.6. The third-order valence-corrected chi connectivity index (χ3v) is 10.4. The van der Waals surface area contributed by atoms with E-state index in [4.69, 9.17) is 62.7 Å². The first-order valence-electron chi connectivity index (χ1n) is 19.0. The number of nitrogens with one attached hydrogen (secondary N) is 4. The number of alkyl halides is 3. The van der Waals surface area contributed by atoms with Crippen molar-refractivity contribution >= 4 is 127 Å². The highest BCUT2D eigenvalue weighted by Crippen LogP contribution is 2.33. The van der Waals surface area contributed by atoms with E-state index in [0.29, 0.717) is 23.1 Å². The van der Waals surface area contributed by atoms with Crippen molar-refractivity contribution in [2.75, 3.05) is 33.8 Å². The second-order valence-electron chi connectivity index (χ2n) is 13.5. The number of anilines is 4. The van der Waals surface area contributed by atoms with Crippen LogP contribution in [0.15, 0.2) is 124 Å². The highest BCUT2D eigenvalue weighted by Gasteiger charge is 2.27. The van der Waals surface area contributed by atoms with Crippen molar-refractivity contribution in [2.24, 2.45) is 20.5 Å². The third kappa shape index (κ3) is 13.2. The lowest BCUT2D eigenvalue weighted by Gasteiger charge is -2.16. The van der Waals surface area contributed by atoms with Crippen LogP contribution in [0.1, 0.15) is 45.7 Å². The number of ether oxygens (including phenoxy) is 1. The number of carbonyl (C=O) groups excluding carboxylic acids is 6. The summed E-state index contributed by atoms with van der Waals surface area (Å²) in [6.07, 6.45) is 0. The van der Waals surface area contributed by atoms with Crippen LogP contribution < -0.4 is 26.0 Å². The van der Waals surface area contributed by atoms with Gasteiger partial charge in [-0.05, 0) is 85.6 Å². The molecule has 0 aromatic heterocycles. The Kier molecular flexibility index (Phi) is 17.9. The molecule has 0 spiro atoms. The lowest BCUT2D eigenvalue weighted by atomic mass is 10.1. The van der Waals surface area contributed by atoms with Crippen LogP contribution in [-0.4, -0.2) is 59.8 Å². The number of halogens is 5. The van der Waals surface area contributed by atoms with Crippen LogP contribution >= 0.6 is 58.0 Å². The number of rotatable bonds is 19. The molecule has 0 saturated heterocycles. The zero-order chi connectivity index (χ0) is 46.3. The Balaban J connectivity index is 1.28. The zero-order valence-electron chi connectivity index (χ0n) is 33.8. The molecule has 5 rings (SSSR count). The van der Waals surface area contributed by atoms with Crippen LogP contribution in [0.25, 0.3) is 0 Å². The fourth-order valence-corrected chi connectivity index (χ4v) is 6.49. The van der Waals surface area contributed by atoms with Gasteiger partial charge in [-0.1, -0.05) is 59.6 Å². The second-order valence-corrected chi connectivity index (χ2v) is 15.2. The molecule has 0 bridgehead atoms. The smallest absolute Gasteiger partial charge is 0.258 e. The molecule has 0 saturated carbocycles. The van der Waals surface area contributed by atoms with Crippen molar-refractivity contribution in [3.8, 4) is 5.75 Å². The van der Waals surface area contributed by atoms with Crippen LogP contribution in [-0.2, 0) is 30.9 Å². The molecule has 4 amide bonds. The van der Waals surface area contributed by atoms with Crippen molar-refractivity contribution in [3.05, 3.63) is 135 Å². The second kappa shape index (κ2) is 23.5. The van der Waals surface area contributed by atoms with E-state index in [1.165, 1.54) is 54.6 Å². The number of azo groups is 2. The van der Waals surface area contributed by atoms with Gasteiger partial charge in [0.1, 0.15) is 23.7 Å². The molecular formula is C44H37Cl5N8O7. The van der Waals surface area contributed by atoms with Crippen molar-refractivity contribution < 1.29 is 33.5 Å². The number of amides is 4. The lowest BCUT2D eigenvalue weighted by Crippen LogP contribution is -2.32. The van der Waals surface area contributed by atoms with Gasteiger partial charge in [-0.25, -0.2) is 0 Å². The number of nitrogens with zero attached hydrogens (tertiary/aromatic N) is 4. The summed E-state index contributed by atoms with van der Waals surface area (Å²) in [5.41, 5.74) is 3.11. The Bertz CT molecular complexity index is 2610. The first-order chi connectivity index (χ1) is 30.7. The Morgan fingerprint density at radius 3 is 1.42 bits per heavy atom. The van der Waals surface area contributed by atoms with E-state index in [0.717, 1.165) is 25.0 Å². The average Bonchev–Trinajstić information content (AvgIpc) is 3.27. The monoisotopic (exact) mass is 964 g/mol. The highest BCUT2D eigenvalue weighted by atomic mass is 35.5. The van der Waals surface area contributed by atoms with Crippen LogP contribution in [0.2, 0.25) is 10.0 Å². The molecule has 0 fully saturated rings. The molecule has 5 aromatic carbocycles. The van der Waals surface area contributed by atoms with Gasteiger partial charge in [0.05, 0.1) is 32.7 Å². The SMILES string of the molecule is CC(=O)C(N=Nc1cccc(C(=O)Nc2ccc(CCl)cc2)c1Cl)C(=O)Nc1ccc(NC(=O)C(N=Nc2cccc(C(=O)Nc3ccc(CCl)cc3)c2Cl)C(C)=O)c(OCCCl)c1. The Hall–Kier alpha value is -6.23. The van der Waals surface area contributed by atoms with Crippen molar-refractivity contribution in [3.63, 3.8) is 0 Å². The number of ketones is 2. The summed E-state index contributed by atoms with van der Waals surface area (Å²) < 4.78 is 5.73. The molecule has 2 atom stereocenters. The molecule has 64 heavy (non-hydrogen) atoms. The molecule has 20 heteroatoms. The summed E-state index contributed by atoms with van der Waals surface area (Å²) in [7, 11) is 0. The van der Waals surface area contributed by atoms with Gasteiger partial charge < -0.3 is 26.0 Å². The van der Waals surface area contributed by atoms with Gasteiger partial charge >= 0.3 is 0 Å². The maximum absolute atomic E-state index is 13.5. The summed E-state index contributed by atoms with van der Waals surface area (Å²) in [4.78, 5) is 78.2. The summed E-state index contributed by atoms with van der Waals surface area (Å²) in [6.45, 7) is 2.26. The number of carbonyl (C=O) groups is 6. The molecule has 0 aliphatic rings. The minimum atomic E-state index is -1.66. The fraction of sp³-hybridized carbons (Fsp3) is 0.182. The van der Waals surface area contributed by atoms with E-state index in [1.54, 1.807) is 48.5 Å². The van der Waals surface area contributed by atoms with Gasteiger partial charge in [0.25, 0.3) is 23.6 Å². The van der Waals surface area contributed by atoms with E-state index < -0.39 is 47.3 Å². The standard InChI is InChI=1S/C44H37Cl5N8O7/c1-24(58)39(56-54-34-7-3-5-31(37(34)48)41(60)50-28-13-9-26(22-46)10-14-28)43(62)52-30-17-18-33(36(21-30)64-20-19-45)53-44(63)40(25(2)59)57-55-35-8-4-6-32(38(35)49)42(61)51-29-15-11-27(23-47)12-16-29/h3-18,21,39-40H,19-20,22-23H2,1-2H3,(H,50,60)(H,51,61)(H,52,62)(H,53,63). The first kappa shape index (κ1) is 48.8. The van der Waals surface area contributed by atoms with Crippen LogP contribution in [0.5, 0.6) is 5.75 Å². The summed E-state index contributed by atoms with van der Waals surface area (Å²) in [5, 5.41) is 26.4. The molecule has 15 nitrogen and oxygen atoms in total. The molecule has 0 aliphatic carbocycles. The highest BCUT2D eigenvalue weighted by molar-refractivity contribution is 6.37. The Labute approximate surface area is 391 Å². The Morgan fingerprint density at radius 2 is 1.00 bits per heavy atom. The quantitative estimate of drug-likeness (QED) is 0.0357. The van der Waals surface area contributed by atoms with E-state index >= 15 is 0 Å². The molecule has 2 unspecified atom stereocenters. The van der Waals surface area contributed by atoms with Crippen molar-refractivity contribution in [1.29, 1.82) is 0 Å². The van der Waals surface area contributed by atoms with Crippen molar-refractivity contribution in [1.82, 2.24) is 0 Å². The maximum atomic E-state index is 13.5. The summed E-state index contributed by atoms with van der Waals surface area (Å²) in [6, 6.07) is 23.5. The summed E-state index contributed by atoms with van der Waals surface area (Å²) in [5.74, 6) is -3.47. The Morgan fingerprint density at radius 1 is 0.562 bits per heavy atom. The predicted octanol–water partition coefficient (Wildman–Crippen LogP) is 11.0. The van der Waals surface area contributed by atoms with Gasteiger partial charge in [0.2, 0.25) is 12.1 Å². The number of Topliss-reactive ketones (excluding diaryl/α,β-unsaturated/α-hetero) is 2. The maximum Gasteiger partial charge on any atom is 0.258 e. The minimum Gasteiger partial charge on any atom is -0.490 e. The minimum absolute atomic E-state index is 0.0188. The summed E-state index contributed by atoms with van der Waals surface area (Å²) >= 11 is 30.6. The lowest BCUT2D eigenvalue weighted by molar-refractivity contribution is -0.127. The first-order valence-corrected chi connectivity index (χ1v) is 21.4. The molecule has 0 radical (unpaired) electrons. The van der Waals surface area contributed by atoms with Gasteiger partial charge in [0.15, 0.2) is 11.6 Å². The number of hydrogen-bond acceptors (Lipinski definition) is 11. The number of hydrogen-bond donors (Lipinski definition) is 4. The average molecular weight is 967 g/mol. The topological polar surface area (TPSA) is 209 Å². The largest absolute Gasteiger partial charge is 0.490 e. The van der Waals surface area contributed by atoms with Crippen LogP contribution in [0.4, 0.5) is 34.1 Å². The normalized spacial score (nSPS) is 12.0. The van der Waals surface area contributed by atoms with Crippen LogP contribution in [0.3, 0.4) is 0 Å². The van der Waals surface area contributed by atoms with E-state index in [-0.39, 0.29) is 62.2 Å². The van der Waals surface area contributed by atoms with Gasteiger partial charge in [-0.3, -0.25) is 28.8 Å². The van der Waals surface area contributed by atoms with E-state index in [2.05, 4.69) is 41.7 Å². The van der Waals surface area contributed by atoms with Crippen molar-refractivity contribution in [2.45, 2.75) is 37.7 Å². The van der Waals surface area contributed by atoms with E-state index in [9.17, 15) is 28.8 Å². The van der Waals surface area contributed by atoms with Gasteiger partial charge in [0, 0.05) is 34.9 Å². The fourth-order valence-electron chi connectivity index (χ4n) is 5.56. The number of benzene rings is 5. The van der Waals surface area contributed by atoms with E-state index in [1.807, 2.05) is 0 Å². The molecule has 4 N–H and O–H groups in total. The molecule has 0 heterocycles. The van der Waals surface area contributed by atoms with Gasteiger partial charge in [-0.2, -0.15) is 20.5 Å². The predicted molar refractivity (Wildman–Crippen MR) is 249 cm³/mol. The third-order valence-electron chi connectivity index (χ3n) is 8.85. The molecule has 5 aromatic rings. The molecular weight excluding hydrogens is 930 g/mol.